The van der Waals surface area contributed by atoms with E-state index in [1.807, 2.05) is 0 Å². The molecule has 0 aliphatic rings. The van der Waals surface area contributed by atoms with Crippen LogP contribution in [0.4, 0.5) is 0 Å². The number of carbonyl (C=O) groups is 3. The Labute approximate surface area is 140 Å². The van der Waals surface area contributed by atoms with Gasteiger partial charge in [0.05, 0.1) is 0 Å². The summed E-state index contributed by atoms with van der Waals surface area (Å²) >= 11 is 5.75. The van der Waals surface area contributed by atoms with Crippen molar-refractivity contribution in [2.75, 3.05) is 13.1 Å². The molecule has 1 unspecified atom stereocenters. The van der Waals surface area contributed by atoms with E-state index in [0.29, 0.717) is 30.1 Å². The molecule has 1 rings (SSSR count). The number of carboxylic acid groups (broad SMARTS) is 1. The molecular formula is C16H21ClN2O4. The summed E-state index contributed by atoms with van der Waals surface area (Å²) in [6.07, 6.45) is 0.816. The summed E-state index contributed by atoms with van der Waals surface area (Å²) < 4.78 is 0. The van der Waals surface area contributed by atoms with Gasteiger partial charge in [-0.1, -0.05) is 18.5 Å². The van der Waals surface area contributed by atoms with E-state index >= 15 is 0 Å². The van der Waals surface area contributed by atoms with Crippen molar-refractivity contribution in [1.82, 2.24) is 10.6 Å². The number of amides is 2. The molecule has 0 fully saturated rings. The first kappa shape index (κ1) is 19.0. The summed E-state index contributed by atoms with van der Waals surface area (Å²) in [5, 5.41) is 14.6. The van der Waals surface area contributed by atoms with Crippen molar-refractivity contribution in [2.45, 2.75) is 26.2 Å². The molecule has 6 nitrogen and oxygen atoms in total. The molecule has 3 N–H and O–H groups in total. The number of hydrogen-bond acceptors (Lipinski definition) is 3. The zero-order valence-electron chi connectivity index (χ0n) is 13.0. The van der Waals surface area contributed by atoms with Crippen molar-refractivity contribution in [2.24, 2.45) is 5.92 Å². The molecule has 0 saturated heterocycles. The van der Waals surface area contributed by atoms with Crippen LogP contribution >= 0.6 is 11.6 Å². The molecule has 0 spiro atoms. The van der Waals surface area contributed by atoms with Gasteiger partial charge in [0.2, 0.25) is 5.91 Å². The number of hydrogen-bond donors (Lipinski definition) is 3. The Balaban J connectivity index is 2.16. The van der Waals surface area contributed by atoms with E-state index in [-0.39, 0.29) is 30.6 Å². The van der Waals surface area contributed by atoms with E-state index < -0.39 is 5.97 Å². The lowest BCUT2D eigenvalue weighted by atomic mass is 10.1. The van der Waals surface area contributed by atoms with Gasteiger partial charge in [-0.2, -0.15) is 0 Å². The van der Waals surface area contributed by atoms with Crippen molar-refractivity contribution in [3.8, 4) is 0 Å². The first-order chi connectivity index (χ1) is 10.9. The lowest BCUT2D eigenvalue weighted by Gasteiger charge is -2.10. The van der Waals surface area contributed by atoms with Gasteiger partial charge in [0.25, 0.3) is 5.91 Å². The van der Waals surface area contributed by atoms with Crippen LogP contribution in [0.15, 0.2) is 24.3 Å². The summed E-state index contributed by atoms with van der Waals surface area (Å²) in [7, 11) is 0. The van der Waals surface area contributed by atoms with Crippen LogP contribution in [0.1, 0.15) is 36.5 Å². The van der Waals surface area contributed by atoms with Crippen molar-refractivity contribution in [3.63, 3.8) is 0 Å². The number of carboxylic acids is 1. The van der Waals surface area contributed by atoms with E-state index in [4.69, 9.17) is 16.7 Å². The Bertz CT molecular complexity index is 546. The van der Waals surface area contributed by atoms with Gasteiger partial charge in [-0.05, 0) is 36.6 Å². The molecule has 0 radical (unpaired) electrons. The van der Waals surface area contributed by atoms with E-state index in [2.05, 4.69) is 10.6 Å². The highest BCUT2D eigenvalue weighted by Crippen LogP contribution is 2.09. The van der Waals surface area contributed by atoms with Crippen molar-refractivity contribution in [1.29, 1.82) is 0 Å². The molecule has 1 aromatic rings. The van der Waals surface area contributed by atoms with Crippen LogP contribution in [0.2, 0.25) is 5.02 Å². The third kappa shape index (κ3) is 8.21. The van der Waals surface area contributed by atoms with Crippen molar-refractivity contribution in [3.05, 3.63) is 34.9 Å². The van der Waals surface area contributed by atoms with E-state index in [1.165, 1.54) is 0 Å². The second-order valence-corrected chi connectivity index (χ2v) is 5.81. The number of halogens is 1. The fraction of sp³-hybridized carbons (Fsp3) is 0.438. The minimum atomic E-state index is -0.878. The average molecular weight is 341 g/mol. The van der Waals surface area contributed by atoms with Gasteiger partial charge >= 0.3 is 5.97 Å². The largest absolute Gasteiger partial charge is 0.481 e. The molecule has 1 atom stereocenters. The zero-order valence-corrected chi connectivity index (χ0v) is 13.7. The van der Waals surface area contributed by atoms with Crippen LogP contribution in [-0.2, 0) is 9.59 Å². The quantitative estimate of drug-likeness (QED) is 0.600. The topological polar surface area (TPSA) is 95.5 Å². The van der Waals surface area contributed by atoms with Gasteiger partial charge in [0.15, 0.2) is 0 Å². The maximum atomic E-state index is 11.8. The number of rotatable bonds is 9. The predicted molar refractivity (Wildman–Crippen MR) is 87.4 cm³/mol. The Hall–Kier alpha value is -2.08. The molecule has 1 aromatic carbocycles. The lowest BCUT2D eigenvalue weighted by Crippen LogP contribution is -2.30. The number of carbonyl (C=O) groups excluding carboxylic acids is 2. The smallest absolute Gasteiger partial charge is 0.303 e. The Morgan fingerprint density at radius 2 is 1.83 bits per heavy atom. The normalized spacial score (nSPS) is 11.6. The summed E-state index contributed by atoms with van der Waals surface area (Å²) in [6, 6.07) is 6.55. The SMILES string of the molecule is CC(CNC(=O)CCCNC(=O)c1ccc(Cl)cc1)CC(=O)O. The average Bonchev–Trinajstić information content (AvgIpc) is 2.49. The maximum absolute atomic E-state index is 11.8. The molecule has 0 aromatic heterocycles. The standard InChI is InChI=1S/C16H21ClN2O4/c1-11(9-15(21)22)10-19-14(20)3-2-8-18-16(23)12-4-6-13(17)7-5-12/h4-7,11H,2-3,8-10H2,1H3,(H,18,23)(H,19,20)(H,21,22). The number of benzene rings is 1. The molecule has 0 heterocycles. The summed E-state index contributed by atoms with van der Waals surface area (Å²) in [5.74, 6) is -1.35. The van der Waals surface area contributed by atoms with Gasteiger partial charge in [0, 0.05) is 36.5 Å². The molecule has 126 valence electrons. The fourth-order valence-corrected chi connectivity index (χ4v) is 2.03. The van der Waals surface area contributed by atoms with Gasteiger partial charge < -0.3 is 15.7 Å². The number of aliphatic carboxylic acids is 1. The summed E-state index contributed by atoms with van der Waals surface area (Å²) in [6.45, 7) is 2.49. The third-order valence-electron chi connectivity index (χ3n) is 3.14. The summed E-state index contributed by atoms with van der Waals surface area (Å²) in [5.41, 5.74) is 0.515. The van der Waals surface area contributed by atoms with Crippen LogP contribution in [0, 0.1) is 5.92 Å². The molecule has 0 bridgehead atoms. The van der Waals surface area contributed by atoms with E-state index in [0.717, 1.165) is 0 Å². The first-order valence-electron chi connectivity index (χ1n) is 7.40. The lowest BCUT2D eigenvalue weighted by molar-refractivity contribution is -0.138. The predicted octanol–water partition coefficient (Wildman–Crippen LogP) is 2.08. The Kier molecular flexibility index (Phi) is 8.11. The van der Waals surface area contributed by atoms with Gasteiger partial charge in [0.1, 0.15) is 0 Å². The third-order valence-corrected chi connectivity index (χ3v) is 3.40. The van der Waals surface area contributed by atoms with Crippen LogP contribution in [-0.4, -0.2) is 36.0 Å². The van der Waals surface area contributed by atoms with E-state index in [1.54, 1.807) is 31.2 Å². The second-order valence-electron chi connectivity index (χ2n) is 5.37. The summed E-state index contributed by atoms with van der Waals surface area (Å²) in [4.78, 5) is 33.9. The molecular weight excluding hydrogens is 320 g/mol. The molecule has 0 aliphatic carbocycles. The van der Waals surface area contributed by atoms with Crippen LogP contribution in [0.3, 0.4) is 0 Å². The molecule has 0 aliphatic heterocycles. The number of nitrogens with one attached hydrogen (secondary N) is 2. The molecule has 2 amide bonds. The highest BCUT2D eigenvalue weighted by molar-refractivity contribution is 6.30. The Morgan fingerprint density at radius 1 is 1.17 bits per heavy atom. The van der Waals surface area contributed by atoms with Crippen molar-refractivity contribution < 1.29 is 19.5 Å². The van der Waals surface area contributed by atoms with Crippen molar-refractivity contribution >= 4 is 29.4 Å². The Morgan fingerprint density at radius 3 is 2.43 bits per heavy atom. The fourth-order valence-electron chi connectivity index (χ4n) is 1.90. The van der Waals surface area contributed by atoms with Crippen LogP contribution in [0.25, 0.3) is 0 Å². The minimum Gasteiger partial charge on any atom is -0.481 e. The maximum Gasteiger partial charge on any atom is 0.303 e. The van der Waals surface area contributed by atoms with Gasteiger partial charge in [-0.15, -0.1) is 0 Å². The molecule has 7 heteroatoms. The van der Waals surface area contributed by atoms with Crippen LogP contribution < -0.4 is 10.6 Å². The highest BCUT2D eigenvalue weighted by atomic mass is 35.5. The molecule has 23 heavy (non-hydrogen) atoms. The van der Waals surface area contributed by atoms with Gasteiger partial charge in [-0.3, -0.25) is 14.4 Å². The minimum absolute atomic E-state index is 0.0252. The molecule has 0 saturated carbocycles. The highest BCUT2D eigenvalue weighted by Gasteiger charge is 2.09. The van der Waals surface area contributed by atoms with Gasteiger partial charge in [-0.25, -0.2) is 0 Å². The second kappa shape index (κ2) is 9.84. The first-order valence-corrected chi connectivity index (χ1v) is 7.78. The zero-order chi connectivity index (χ0) is 17.2. The van der Waals surface area contributed by atoms with Crippen LogP contribution in [0.5, 0.6) is 0 Å². The monoisotopic (exact) mass is 340 g/mol. The van der Waals surface area contributed by atoms with E-state index in [9.17, 15) is 14.4 Å².